The Hall–Kier alpha value is -0.0800. The summed E-state index contributed by atoms with van der Waals surface area (Å²) in [5.74, 6) is 0. The van der Waals surface area contributed by atoms with Crippen molar-refractivity contribution in [2.24, 2.45) is 11.1 Å². The summed E-state index contributed by atoms with van der Waals surface area (Å²) in [5.41, 5.74) is 6.81. The largest absolute Gasteiger partial charge is 0.326 e. The van der Waals surface area contributed by atoms with E-state index in [4.69, 9.17) is 5.73 Å². The molecule has 1 saturated heterocycles. The van der Waals surface area contributed by atoms with Crippen LogP contribution in [0.25, 0.3) is 0 Å². The summed E-state index contributed by atoms with van der Waals surface area (Å²) in [6.07, 6.45) is 8.08. The minimum Gasteiger partial charge on any atom is -0.326 e. The van der Waals surface area contributed by atoms with E-state index in [0.29, 0.717) is 17.5 Å². The van der Waals surface area contributed by atoms with Crippen molar-refractivity contribution in [2.75, 3.05) is 6.54 Å². The van der Waals surface area contributed by atoms with Crippen LogP contribution in [0.5, 0.6) is 0 Å². The van der Waals surface area contributed by atoms with Crippen molar-refractivity contribution in [3.8, 4) is 0 Å². The van der Waals surface area contributed by atoms with Crippen LogP contribution in [0.1, 0.15) is 59.3 Å². The Bertz CT molecular complexity index is 237. The summed E-state index contributed by atoms with van der Waals surface area (Å²) in [5, 5.41) is 0. The maximum absolute atomic E-state index is 6.46. The molecule has 1 aliphatic carbocycles. The van der Waals surface area contributed by atoms with Crippen LogP contribution in [0.2, 0.25) is 0 Å². The summed E-state index contributed by atoms with van der Waals surface area (Å²) in [7, 11) is 0. The SMILES string of the molecule is CCC1CCCCN1C1CCC(C)(C)C1N. The van der Waals surface area contributed by atoms with Crippen LogP contribution < -0.4 is 5.73 Å². The van der Waals surface area contributed by atoms with Crippen LogP contribution in [0, 0.1) is 5.41 Å². The standard InChI is InChI=1S/C14H28N2/c1-4-11-7-5-6-10-16(11)12-8-9-14(2,3)13(12)15/h11-13H,4-10,15H2,1-3H3. The van der Waals surface area contributed by atoms with Crippen molar-refractivity contribution in [1.29, 1.82) is 0 Å². The molecule has 0 radical (unpaired) electrons. The van der Waals surface area contributed by atoms with Crippen molar-refractivity contribution in [1.82, 2.24) is 4.90 Å². The zero-order chi connectivity index (χ0) is 11.8. The quantitative estimate of drug-likeness (QED) is 0.781. The predicted molar refractivity (Wildman–Crippen MR) is 69.4 cm³/mol. The molecule has 2 rings (SSSR count). The lowest BCUT2D eigenvalue weighted by Crippen LogP contribution is -2.54. The Morgan fingerprint density at radius 2 is 2.00 bits per heavy atom. The minimum absolute atomic E-state index is 0.348. The van der Waals surface area contributed by atoms with Gasteiger partial charge in [-0.2, -0.15) is 0 Å². The first-order valence-corrected chi connectivity index (χ1v) is 7.07. The molecule has 0 spiro atoms. The highest BCUT2D eigenvalue weighted by Crippen LogP contribution is 2.40. The molecule has 1 aliphatic heterocycles. The van der Waals surface area contributed by atoms with E-state index in [1.165, 1.54) is 45.1 Å². The Balaban J connectivity index is 2.06. The average molecular weight is 224 g/mol. The fraction of sp³-hybridized carbons (Fsp3) is 1.00. The van der Waals surface area contributed by atoms with Crippen LogP contribution in [0.15, 0.2) is 0 Å². The second-order valence-electron chi connectivity index (χ2n) is 6.42. The predicted octanol–water partition coefficient (Wildman–Crippen LogP) is 2.77. The topological polar surface area (TPSA) is 29.3 Å². The summed E-state index contributed by atoms with van der Waals surface area (Å²) in [6.45, 7) is 8.28. The molecule has 0 amide bonds. The maximum Gasteiger partial charge on any atom is 0.0255 e. The first-order valence-electron chi connectivity index (χ1n) is 7.07. The Morgan fingerprint density at radius 1 is 1.25 bits per heavy atom. The van der Waals surface area contributed by atoms with Gasteiger partial charge in [0, 0.05) is 18.1 Å². The average Bonchev–Trinajstić information content (AvgIpc) is 2.54. The Morgan fingerprint density at radius 3 is 2.56 bits per heavy atom. The van der Waals surface area contributed by atoms with Crippen LogP contribution in [0.4, 0.5) is 0 Å². The van der Waals surface area contributed by atoms with Gasteiger partial charge in [0.05, 0.1) is 0 Å². The highest BCUT2D eigenvalue weighted by Gasteiger charge is 2.43. The lowest BCUT2D eigenvalue weighted by atomic mass is 9.86. The van der Waals surface area contributed by atoms with Crippen molar-refractivity contribution >= 4 is 0 Å². The number of nitrogens with two attached hydrogens (primary N) is 1. The third-order valence-electron chi connectivity index (χ3n) is 4.97. The molecule has 1 heterocycles. The van der Waals surface area contributed by atoms with Gasteiger partial charge in [0.25, 0.3) is 0 Å². The lowest BCUT2D eigenvalue weighted by Gasteiger charge is -2.42. The molecule has 2 nitrogen and oxygen atoms in total. The molecular formula is C14H28N2. The molecular weight excluding hydrogens is 196 g/mol. The first-order chi connectivity index (χ1) is 7.56. The summed E-state index contributed by atoms with van der Waals surface area (Å²) < 4.78 is 0. The van der Waals surface area contributed by atoms with Gasteiger partial charge in [0.1, 0.15) is 0 Å². The fourth-order valence-electron chi connectivity index (χ4n) is 3.66. The molecule has 2 N–H and O–H groups in total. The molecule has 0 aromatic rings. The fourth-order valence-corrected chi connectivity index (χ4v) is 3.66. The van der Waals surface area contributed by atoms with Crippen LogP contribution in [0.3, 0.4) is 0 Å². The lowest BCUT2D eigenvalue weighted by molar-refractivity contribution is 0.0774. The third-order valence-corrected chi connectivity index (χ3v) is 4.97. The molecule has 0 aromatic heterocycles. The van der Waals surface area contributed by atoms with Crippen molar-refractivity contribution in [2.45, 2.75) is 77.4 Å². The van der Waals surface area contributed by atoms with Crippen LogP contribution in [-0.2, 0) is 0 Å². The molecule has 16 heavy (non-hydrogen) atoms. The minimum atomic E-state index is 0.348. The summed E-state index contributed by atoms with van der Waals surface area (Å²) in [6, 6.07) is 1.83. The Kier molecular flexibility index (Phi) is 3.60. The Labute approximate surface area is 101 Å². The van der Waals surface area contributed by atoms with Gasteiger partial charge in [0.2, 0.25) is 0 Å². The molecule has 0 aromatic carbocycles. The second-order valence-corrected chi connectivity index (χ2v) is 6.42. The van der Waals surface area contributed by atoms with E-state index in [1.807, 2.05) is 0 Å². The molecule has 2 fully saturated rings. The van der Waals surface area contributed by atoms with E-state index in [0.717, 1.165) is 6.04 Å². The zero-order valence-electron chi connectivity index (χ0n) is 11.2. The molecule has 94 valence electrons. The first kappa shape index (κ1) is 12.4. The maximum atomic E-state index is 6.46. The van der Waals surface area contributed by atoms with Crippen molar-refractivity contribution in [3.05, 3.63) is 0 Å². The van der Waals surface area contributed by atoms with E-state index < -0.39 is 0 Å². The number of hydrogen-bond donors (Lipinski definition) is 1. The van der Waals surface area contributed by atoms with Gasteiger partial charge in [-0.25, -0.2) is 0 Å². The monoisotopic (exact) mass is 224 g/mol. The van der Waals surface area contributed by atoms with Gasteiger partial charge in [-0.05, 0) is 44.1 Å². The highest BCUT2D eigenvalue weighted by molar-refractivity contribution is 5.01. The number of rotatable bonds is 2. The molecule has 0 bridgehead atoms. The van der Waals surface area contributed by atoms with Gasteiger partial charge < -0.3 is 5.73 Å². The molecule has 3 atom stereocenters. The number of piperidine rings is 1. The van der Waals surface area contributed by atoms with E-state index in [1.54, 1.807) is 0 Å². The van der Waals surface area contributed by atoms with E-state index >= 15 is 0 Å². The number of likely N-dealkylation sites (tertiary alicyclic amines) is 1. The van der Waals surface area contributed by atoms with E-state index in [2.05, 4.69) is 25.7 Å². The smallest absolute Gasteiger partial charge is 0.0255 e. The van der Waals surface area contributed by atoms with Crippen LogP contribution in [-0.4, -0.2) is 29.6 Å². The van der Waals surface area contributed by atoms with Crippen LogP contribution >= 0.6 is 0 Å². The van der Waals surface area contributed by atoms with E-state index in [9.17, 15) is 0 Å². The third kappa shape index (κ3) is 2.14. The zero-order valence-corrected chi connectivity index (χ0v) is 11.2. The summed E-state index contributed by atoms with van der Waals surface area (Å²) in [4.78, 5) is 2.74. The van der Waals surface area contributed by atoms with Gasteiger partial charge in [-0.3, -0.25) is 4.90 Å². The number of hydrogen-bond acceptors (Lipinski definition) is 2. The van der Waals surface area contributed by atoms with Gasteiger partial charge in [-0.15, -0.1) is 0 Å². The second kappa shape index (κ2) is 4.66. The van der Waals surface area contributed by atoms with Gasteiger partial charge >= 0.3 is 0 Å². The molecule has 2 aliphatic rings. The van der Waals surface area contributed by atoms with E-state index in [-0.39, 0.29) is 0 Å². The highest BCUT2D eigenvalue weighted by atomic mass is 15.2. The summed E-state index contributed by atoms with van der Waals surface area (Å²) >= 11 is 0. The van der Waals surface area contributed by atoms with Gasteiger partial charge in [-0.1, -0.05) is 27.2 Å². The molecule has 1 saturated carbocycles. The van der Waals surface area contributed by atoms with Crippen molar-refractivity contribution < 1.29 is 0 Å². The normalized spacial score (nSPS) is 40.1. The van der Waals surface area contributed by atoms with Crippen molar-refractivity contribution in [3.63, 3.8) is 0 Å². The molecule has 2 heteroatoms. The molecule has 3 unspecified atom stereocenters. The van der Waals surface area contributed by atoms with Gasteiger partial charge in [0.15, 0.2) is 0 Å². The number of nitrogens with zero attached hydrogens (tertiary/aromatic N) is 1.